The maximum atomic E-state index is 13.5. The minimum absolute atomic E-state index is 0.212. The number of carbonyl (C=O) groups is 2. The van der Waals surface area contributed by atoms with E-state index < -0.39 is 23.5 Å². The van der Waals surface area contributed by atoms with E-state index in [9.17, 15) is 9.59 Å². The number of methoxy groups -OCH3 is 4. The van der Waals surface area contributed by atoms with E-state index in [0.29, 0.717) is 30.0 Å². The molecule has 8 nitrogen and oxygen atoms in total. The number of likely N-dealkylation sites (N-methyl/N-ethyl adjacent to an activating group) is 1. The van der Waals surface area contributed by atoms with Gasteiger partial charge in [-0.05, 0) is 88.5 Å². The van der Waals surface area contributed by atoms with Crippen LogP contribution in [0.15, 0.2) is 36.4 Å². The zero-order valence-electron chi connectivity index (χ0n) is 23.4. The van der Waals surface area contributed by atoms with Crippen LogP contribution in [-0.2, 0) is 30.9 Å². The van der Waals surface area contributed by atoms with Gasteiger partial charge in [-0.3, -0.25) is 9.59 Å². The van der Waals surface area contributed by atoms with E-state index in [1.54, 1.807) is 39.2 Å². The van der Waals surface area contributed by atoms with E-state index in [0.717, 1.165) is 24.3 Å². The lowest BCUT2D eigenvalue weighted by atomic mass is 9.76. The Morgan fingerprint density at radius 1 is 0.865 bits per heavy atom. The maximum absolute atomic E-state index is 13.5. The molecule has 0 fully saturated rings. The number of hydrogen-bond acceptors (Lipinski definition) is 8. The van der Waals surface area contributed by atoms with Gasteiger partial charge < -0.3 is 28.6 Å². The van der Waals surface area contributed by atoms with Crippen molar-refractivity contribution in [1.29, 1.82) is 0 Å². The fraction of sp³-hybridized carbons (Fsp3) is 0.517. The minimum atomic E-state index is -1.64. The predicted molar refractivity (Wildman–Crippen MR) is 143 cm³/mol. The molecule has 0 saturated carbocycles. The Kier molecular flexibility index (Phi) is 11.2. The van der Waals surface area contributed by atoms with Gasteiger partial charge in [-0.25, -0.2) is 0 Å². The zero-order chi connectivity index (χ0) is 27.6. The van der Waals surface area contributed by atoms with Crippen molar-refractivity contribution in [2.24, 2.45) is 0 Å². The lowest BCUT2D eigenvalue weighted by Crippen LogP contribution is -2.47. The second-order valence-corrected chi connectivity index (χ2v) is 9.38. The number of benzene rings is 2. The third kappa shape index (κ3) is 7.38. The van der Waals surface area contributed by atoms with Gasteiger partial charge in [0, 0.05) is 6.54 Å². The molecule has 0 saturated heterocycles. The highest BCUT2D eigenvalue weighted by Gasteiger charge is 2.50. The summed E-state index contributed by atoms with van der Waals surface area (Å²) in [5, 5.41) is 0. The Balaban J connectivity index is 2.25. The largest absolute Gasteiger partial charge is 0.496 e. The molecule has 2 aromatic rings. The lowest BCUT2D eigenvalue weighted by Gasteiger charge is -2.31. The third-order valence-electron chi connectivity index (χ3n) is 6.45. The highest BCUT2D eigenvalue weighted by atomic mass is 16.6. The maximum Gasteiger partial charge on any atom is 0.328 e. The fourth-order valence-corrected chi connectivity index (χ4v) is 4.32. The van der Waals surface area contributed by atoms with E-state index in [1.165, 1.54) is 26.9 Å². The summed E-state index contributed by atoms with van der Waals surface area (Å²) >= 11 is 0. The van der Waals surface area contributed by atoms with Gasteiger partial charge in [0.1, 0.15) is 5.75 Å². The summed E-state index contributed by atoms with van der Waals surface area (Å²) in [5.41, 5.74) is 1.09. The average Bonchev–Trinajstić information content (AvgIpc) is 2.89. The van der Waals surface area contributed by atoms with E-state index in [1.807, 2.05) is 14.0 Å². The van der Waals surface area contributed by atoms with Crippen LogP contribution in [0.5, 0.6) is 17.2 Å². The van der Waals surface area contributed by atoms with Gasteiger partial charge in [0.25, 0.3) is 0 Å². The van der Waals surface area contributed by atoms with Crippen LogP contribution in [0.2, 0.25) is 0 Å². The summed E-state index contributed by atoms with van der Waals surface area (Å²) in [6, 6.07) is 11.2. The van der Waals surface area contributed by atoms with Crippen LogP contribution in [0.3, 0.4) is 0 Å². The normalized spacial score (nSPS) is 12.7. The second-order valence-electron chi connectivity index (χ2n) is 9.38. The Morgan fingerprint density at radius 2 is 1.54 bits per heavy atom. The Bertz CT molecular complexity index is 1050. The van der Waals surface area contributed by atoms with Crippen LogP contribution in [-0.4, -0.2) is 71.5 Å². The number of esters is 2. The van der Waals surface area contributed by atoms with E-state index >= 15 is 0 Å². The van der Waals surface area contributed by atoms with Gasteiger partial charge in [-0.2, -0.15) is 0 Å². The number of rotatable bonds is 14. The van der Waals surface area contributed by atoms with Crippen LogP contribution < -0.4 is 14.2 Å². The third-order valence-corrected chi connectivity index (χ3v) is 6.45. The summed E-state index contributed by atoms with van der Waals surface area (Å²) in [6.07, 6.45) is 1.22. The molecule has 2 aromatic carbocycles. The molecule has 1 unspecified atom stereocenters. The Hall–Kier alpha value is -3.26. The standard InChI is InChI=1S/C29H41NO7/c1-20(2)37-28(32)29(27(31)36-8,23-12-13-24(33-5)26(19-23)35-7)15-9-16-30(4)17-14-22-11-10-21(3)25(18-22)34-6/h10-13,18-20H,9,14-17H2,1-8H3. The lowest BCUT2D eigenvalue weighted by molar-refractivity contribution is -0.166. The number of ether oxygens (including phenoxy) is 5. The monoisotopic (exact) mass is 515 g/mol. The van der Waals surface area contributed by atoms with Crippen molar-refractivity contribution >= 4 is 11.9 Å². The van der Waals surface area contributed by atoms with Crippen molar-refractivity contribution in [1.82, 2.24) is 4.90 Å². The quantitative estimate of drug-likeness (QED) is 0.271. The van der Waals surface area contributed by atoms with Gasteiger partial charge in [-0.15, -0.1) is 0 Å². The molecule has 0 heterocycles. The average molecular weight is 516 g/mol. The van der Waals surface area contributed by atoms with Crippen LogP contribution in [0.1, 0.15) is 43.4 Å². The van der Waals surface area contributed by atoms with Crippen molar-refractivity contribution in [3.63, 3.8) is 0 Å². The first-order valence-electron chi connectivity index (χ1n) is 12.5. The highest BCUT2D eigenvalue weighted by molar-refractivity contribution is 6.06. The van der Waals surface area contributed by atoms with Gasteiger partial charge in [-0.1, -0.05) is 18.2 Å². The van der Waals surface area contributed by atoms with E-state index in [4.69, 9.17) is 23.7 Å². The molecular formula is C29H41NO7. The number of aryl methyl sites for hydroxylation is 1. The van der Waals surface area contributed by atoms with Crippen LogP contribution >= 0.6 is 0 Å². The smallest absolute Gasteiger partial charge is 0.328 e. The molecule has 0 bridgehead atoms. The first-order valence-corrected chi connectivity index (χ1v) is 12.5. The van der Waals surface area contributed by atoms with Gasteiger partial charge in [0.2, 0.25) is 0 Å². The first-order chi connectivity index (χ1) is 17.6. The Morgan fingerprint density at radius 3 is 2.14 bits per heavy atom. The van der Waals surface area contributed by atoms with Crippen molar-refractivity contribution in [3.05, 3.63) is 53.1 Å². The fourth-order valence-electron chi connectivity index (χ4n) is 4.32. The van der Waals surface area contributed by atoms with Crippen molar-refractivity contribution in [3.8, 4) is 17.2 Å². The van der Waals surface area contributed by atoms with E-state index in [-0.39, 0.29) is 6.42 Å². The molecular weight excluding hydrogens is 474 g/mol. The van der Waals surface area contributed by atoms with Gasteiger partial charge in [0.05, 0.1) is 34.5 Å². The van der Waals surface area contributed by atoms with Gasteiger partial charge in [0.15, 0.2) is 16.9 Å². The number of hydrogen-bond donors (Lipinski definition) is 0. The number of carbonyl (C=O) groups excluding carboxylic acids is 2. The molecule has 0 N–H and O–H groups in total. The molecule has 8 heteroatoms. The molecule has 0 aromatic heterocycles. The van der Waals surface area contributed by atoms with Crippen molar-refractivity contribution in [2.45, 2.75) is 51.6 Å². The zero-order valence-corrected chi connectivity index (χ0v) is 23.4. The molecule has 37 heavy (non-hydrogen) atoms. The van der Waals surface area contributed by atoms with E-state index in [2.05, 4.69) is 23.1 Å². The molecule has 0 radical (unpaired) electrons. The summed E-state index contributed by atoms with van der Waals surface area (Å²) < 4.78 is 27.0. The molecule has 0 spiro atoms. The summed E-state index contributed by atoms with van der Waals surface area (Å²) in [4.78, 5) is 28.9. The Labute approximate surface area is 220 Å². The van der Waals surface area contributed by atoms with Crippen LogP contribution in [0.4, 0.5) is 0 Å². The van der Waals surface area contributed by atoms with Crippen LogP contribution in [0, 0.1) is 6.92 Å². The molecule has 0 amide bonds. The van der Waals surface area contributed by atoms with Crippen molar-refractivity contribution in [2.75, 3.05) is 48.6 Å². The SMILES string of the molecule is COC(=O)C(CCCN(C)CCc1ccc(C)c(OC)c1)(C(=O)OC(C)C)c1ccc(OC)c(OC)c1. The predicted octanol–water partition coefficient (Wildman–Crippen LogP) is 4.34. The van der Waals surface area contributed by atoms with Crippen molar-refractivity contribution < 1.29 is 33.3 Å². The minimum Gasteiger partial charge on any atom is -0.496 e. The summed E-state index contributed by atoms with van der Waals surface area (Å²) in [6.45, 7) is 7.00. The summed E-state index contributed by atoms with van der Waals surface area (Å²) in [5.74, 6) is 0.475. The molecule has 0 aliphatic carbocycles. The molecule has 0 aliphatic rings. The topological polar surface area (TPSA) is 83.5 Å². The summed E-state index contributed by atoms with van der Waals surface area (Å²) in [7, 11) is 8.01. The molecule has 204 valence electrons. The highest BCUT2D eigenvalue weighted by Crippen LogP contribution is 2.38. The molecule has 2 rings (SSSR count). The second kappa shape index (κ2) is 13.9. The van der Waals surface area contributed by atoms with Crippen LogP contribution in [0.25, 0.3) is 0 Å². The molecule has 1 atom stereocenters. The first kappa shape index (κ1) is 30.0. The number of nitrogens with zero attached hydrogens (tertiary/aromatic N) is 1. The van der Waals surface area contributed by atoms with Gasteiger partial charge >= 0.3 is 11.9 Å². The molecule has 0 aliphatic heterocycles.